The second kappa shape index (κ2) is 10.2. The Bertz CT molecular complexity index is 1960. The van der Waals surface area contributed by atoms with Gasteiger partial charge in [0.2, 0.25) is 5.91 Å². The maximum atomic E-state index is 15.1. The van der Waals surface area contributed by atoms with Crippen LogP contribution in [0.2, 0.25) is 0 Å². The highest BCUT2D eigenvalue weighted by Gasteiger charge is 2.44. The Kier molecular flexibility index (Phi) is 6.78. The minimum Gasteiger partial charge on any atom is -0.352 e. The summed E-state index contributed by atoms with van der Waals surface area (Å²) in [6, 6.07) is 2.20. The van der Waals surface area contributed by atoms with E-state index in [2.05, 4.69) is 16.5 Å². The van der Waals surface area contributed by atoms with Crippen LogP contribution in [0.15, 0.2) is 50.8 Å². The van der Waals surface area contributed by atoms with Crippen molar-refractivity contribution in [1.82, 2.24) is 19.4 Å². The number of pyridine rings is 1. The van der Waals surface area contributed by atoms with E-state index < -0.39 is 23.0 Å². The van der Waals surface area contributed by atoms with Crippen molar-refractivity contribution < 1.29 is 18.0 Å². The Labute approximate surface area is 258 Å². The molecule has 2 atom stereocenters. The number of halogens is 3. The number of hydrogen-bond donors (Lipinski definition) is 1. The van der Waals surface area contributed by atoms with Crippen LogP contribution in [0.1, 0.15) is 38.7 Å². The standard InChI is InChI=1S/C31H30F3N5O3S2/c1-4-21(40)39-16(2)11-37(12-17(39)3)27-19-10-20(31(32,33)34)23(25-22-18(13-43-25)6-9-35-28(22)41)26-24(19)38(29(42)36-27)14-30(15-44-26)7-5-8-30/h4,6,9-10,13,16-17H,1,5,7-8,11-12,14-15H2,2-3H3,(H,35,41)/t16-,17+. The fourth-order valence-corrected chi connectivity index (χ4v) is 9.89. The van der Waals surface area contributed by atoms with E-state index in [0.29, 0.717) is 28.1 Å². The molecule has 2 aliphatic heterocycles. The lowest BCUT2D eigenvalue weighted by Gasteiger charge is -2.45. The minimum absolute atomic E-state index is 0.0588. The molecule has 230 valence electrons. The van der Waals surface area contributed by atoms with Crippen molar-refractivity contribution >= 4 is 56.5 Å². The molecule has 1 saturated heterocycles. The first-order valence-corrected chi connectivity index (χ1v) is 16.4. The van der Waals surface area contributed by atoms with E-state index in [0.717, 1.165) is 36.7 Å². The van der Waals surface area contributed by atoms with Crippen molar-refractivity contribution in [2.45, 2.75) is 62.8 Å². The number of alkyl halides is 3. The van der Waals surface area contributed by atoms with Gasteiger partial charge in [-0.05, 0) is 61.1 Å². The van der Waals surface area contributed by atoms with Crippen LogP contribution in [-0.2, 0) is 17.5 Å². The molecule has 5 heterocycles. The van der Waals surface area contributed by atoms with Crippen LogP contribution in [0.25, 0.3) is 32.1 Å². The molecular formula is C31H30F3N5O3S2. The summed E-state index contributed by atoms with van der Waals surface area (Å²) in [5.74, 6) is 0.515. The number of carbonyl (C=O) groups excluding carboxylic acids is 1. The maximum Gasteiger partial charge on any atom is 0.417 e. The topological polar surface area (TPSA) is 91.3 Å². The summed E-state index contributed by atoms with van der Waals surface area (Å²) in [4.78, 5) is 50.6. The summed E-state index contributed by atoms with van der Waals surface area (Å²) in [7, 11) is 0. The van der Waals surface area contributed by atoms with Gasteiger partial charge in [-0.25, -0.2) is 4.79 Å². The number of nitrogens with zero attached hydrogens (tertiary/aromatic N) is 4. The minimum atomic E-state index is -4.76. The van der Waals surface area contributed by atoms with Crippen LogP contribution < -0.4 is 16.1 Å². The monoisotopic (exact) mass is 641 g/mol. The van der Waals surface area contributed by atoms with Crippen molar-refractivity contribution in [3.05, 3.63) is 62.8 Å². The molecule has 1 aliphatic carbocycles. The summed E-state index contributed by atoms with van der Waals surface area (Å²) >= 11 is 2.46. The van der Waals surface area contributed by atoms with Gasteiger partial charge in [0.25, 0.3) is 5.56 Å². The average Bonchev–Trinajstić information content (AvgIpc) is 3.29. The summed E-state index contributed by atoms with van der Waals surface area (Å²) < 4.78 is 47.0. The van der Waals surface area contributed by atoms with E-state index >= 15 is 13.2 Å². The molecule has 2 fully saturated rings. The van der Waals surface area contributed by atoms with Crippen molar-refractivity contribution in [3.8, 4) is 10.4 Å². The summed E-state index contributed by atoms with van der Waals surface area (Å²) in [6.07, 6.45) is 0.726. The number of nitrogens with one attached hydrogen (secondary N) is 1. The van der Waals surface area contributed by atoms with Crippen LogP contribution in [0.5, 0.6) is 0 Å². The second-order valence-corrected chi connectivity index (χ2v) is 14.1. The van der Waals surface area contributed by atoms with Gasteiger partial charge in [0, 0.05) is 64.4 Å². The smallest absolute Gasteiger partial charge is 0.352 e. The molecule has 8 nitrogen and oxygen atoms in total. The zero-order valence-electron chi connectivity index (χ0n) is 24.2. The molecule has 13 heteroatoms. The van der Waals surface area contributed by atoms with Crippen molar-refractivity contribution in [1.29, 1.82) is 0 Å². The zero-order valence-corrected chi connectivity index (χ0v) is 25.8. The Balaban J connectivity index is 1.54. The summed E-state index contributed by atoms with van der Waals surface area (Å²) in [5, 5.41) is 2.71. The van der Waals surface area contributed by atoms with Crippen LogP contribution in [0, 0.1) is 5.41 Å². The van der Waals surface area contributed by atoms with E-state index in [4.69, 9.17) is 0 Å². The molecule has 1 spiro atoms. The number of amides is 1. The number of piperazine rings is 1. The van der Waals surface area contributed by atoms with E-state index in [1.54, 1.807) is 20.9 Å². The molecule has 1 aromatic carbocycles. The number of aromatic amines is 1. The predicted octanol–water partition coefficient (Wildman–Crippen LogP) is 5.87. The van der Waals surface area contributed by atoms with Crippen molar-refractivity contribution in [2.75, 3.05) is 23.7 Å². The SMILES string of the molecule is C=CC(=O)N1[C@H](C)CN(c2nc(=O)n3c4c(c(-c5scc6cc[nH]c(=O)c56)c(C(F)(F)F)cc24)SCC2(CCC2)C3)C[C@@H]1C. The summed E-state index contributed by atoms with van der Waals surface area (Å²) in [6.45, 7) is 8.27. The quantitative estimate of drug-likeness (QED) is 0.282. The number of thioether (sulfide) groups is 1. The lowest BCUT2D eigenvalue weighted by atomic mass is 9.70. The van der Waals surface area contributed by atoms with E-state index in [1.807, 2.05) is 18.7 Å². The molecule has 1 N–H and O–H groups in total. The molecule has 1 saturated carbocycles. The van der Waals surface area contributed by atoms with Gasteiger partial charge in [0.05, 0.1) is 16.5 Å². The Morgan fingerprint density at radius 3 is 2.57 bits per heavy atom. The molecule has 3 aliphatic rings. The first-order valence-electron chi connectivity index (χ1n) is 14.5. The van der Waals surface area contributed by atoms with E-state index in [-0.39, 0.29) is 63.5 Å². The molecule has 0 bridgehead atoms. The number of H-pyrrole nitrogens is 1. The highest BCUT2D eigenvalue weighted by Crippen LogP contribution is 2.55. The van der Waals surface area contributed by atoms with Crippen molar-refractivity contribution in [2.24, 2.45) is 5.41 Å². The average molecular weight is 642 g/mol. The molecule has 0 radical (unpaired) electrons. The normalized spacial score (nSPS) is 21.5. The second-order valence-electron chi connectivity index (χ2n) is 12.2. The first-order chi connectivity index (χ1) is 20.9. The largest absolute Gasteiger partial charge is 0.417 e. The zero-order chi connectivity index (χ0) is 31.1. The van der Waals surface area contributed by atoms with Gasteiger partial charge in [-0.15, -0.1) is 23.1 Å². The molecular weight excluding hydrogens is 612 g/mol. The van der Waals surface area contributed by atoms with Gasteiger partial charge in [-0.3, -0.25) is 14.2 Å². The van der Waals surface area contributed by atoms with Crippen LogP contribution >= 0.6 is 23.1 Å². The third-order valence-corrected chi connectivity index (χ3v) is 11.8. The highest BCUT2D eigenvalue weighted by atomic mass is 32.2. The first kappa shape index (κ1) is 29.1. The summed E-state index contributed by atoms with van der Waals surface area (Å²) in [5.41, 5.74) is -1.68. The molecule has 4 aromatic rings. The van der Waals surface area contributed by atoms with E-state index in [9.17, 15) is 14.4 Å². The third kappa shape index (κ3) is 4.41. The number of hydrogen-bond acceptors (Lipinski definition) is 7. The van der Waals surface area contributed by atoms with E-state index in [1.165, 1.54) is 24.0 Å². The van der Waals surface area contributed by atoms with Gasteiger partial charge in [0.1, 0.15) is 5.82 Å². The van der Waals surface area contributed by atoms with Gasteiger partial charge in [0.15, 0.2) is 0 Å². The number of carbonyl (C=O) groups is 1. The fourth-order valence-electron chi connectivity index (χ4n) is 7.18. The lowest BCUT2D eigenvalue weighted by molar-refractivity contribution is -0.137. The Morgan fingerprint density at radius 2 is 1.93 bits per heavy atom. The predicted molar refractivity (Wildman–Crippen MR) is 168 cm³/mol. The molecule has 44 heavy (non-hydrogen) atoms. The van der Waals surface area contributed by atoms with Crippen LogP contribution in [0.3, 0.4) is 0 Å². The van der Waals surface area contributed by atoms with Crippen LogP contribution in [0.4, 0.5) is 19.0 Å². The van der Waals surface area contributed by atoms with Crippen LogP contribution in [-0.4, -0.2) is 56.3 Å². The number of aromatic nitrogens is 3. The Hall–Kier alpha value is -3.58. The third-order valence-electron chi connectivity index (χ3n) is 9.33. The maximum absolute atomic E-state index is 15.1. The number of fused-ring (bicyclic) bond motifs is 1. The number of rotatable bonds is 3. The number of anilines is 1. The van der Waals surface area contributed by atoms with Gasteiger partial charge < -0.3 is 14.8 Å². The van der Waals surface area contributed by atoms with Gasteiger partial charge in [-0.1, -0.05) is 13.0 Å². The molecule has 1 amide bonds. The van der Waals surface area contributed by atoms with Crippen molar-refractivity contribution in [3.63, 3.8) is 0 Å². The molecule has 0 unspecified atom stereocenters. The Morgan fingerprint density at radius 1 is 1.20 bits per heavy atom. The van der Waals surface area contributed by atoms with Gasteiger partial charge >= 0.3 is 11.9 Å². The highest BCUT2D eigenvalue weighted by molar-refractivity contribution is 7.99. The number of benzene rings is 1. The fraction of sp³-hybridized carbons (Fsp3) is 0.419. The molecule has 3 aromatic heterocycles. The van der Waals surface area contributed by atoms with Gasteiger partial charge in [-0.2, -0.15) is 18.2 Å². The number of thiophene rings is 1. The molecule has 7 rings (SSSR count). The lowest BCUT2D eigenvalue weighted by Crippen LogP contribution is -2.58.